The Balaban J connectivity index is 1.76. The summed E-state index contributed by atoms with van der Waals surface area (Å²) in [5, 5.41) is 6.30. The van der Waals surface area contributed by atoms with Crippen LogP contribution in [-0.4, -0.2) is 41.4 Å². The van der Waals surface area contributed by atoms with Gasteiger partial charge in [0.2, 0.25) is 0 Å². The first-order valence-electron chi connectivity index (χ1n) is 9.29. The highest BCUT2D eigenvalue weighted by molar-refractivity contribution is 6.05. The number of anilines is 3. The molecule has 0 unspecified atom stereocenters. The van der Waals surface area contributed by atoms with Gasteiger partial charge in [0.1, 0.15) is 0 Å². The van der Waals surface area contributed by atoms with Gasteiger partial charge in [-0.2, -0.15) is 0 Å². The van der Waals surface area contributed by atoms with Crippen LogP contribution in [0.2, 0.25) is 0 Å². The van der Waals surface area contributed by atoms with Crippen LogP contribution in [0.5, 0.6) is 0 Å². The van der Waals surface area contributed by atoms with Crippen molar-refractivity contribution in [2.75, 3.05) is 31.3 Å². The number of hydrogen-bond donors (Lipinski definition) is 2. The van der Waals surface area contributed by atoms with E-state index in [4.69, 9.17) is 0 Å². The van der Waals surface area contributed by atoms with E-state index in [1.165, 1.54) is 5.56 Å². The van der Waals surface area contributed by atoms with Crippen LogP contribution in [0.15, 0.2) is 67.1 Å². The topological polar surface area (TPSA) is 70.2 Å². The average Bonchev–Trinajstić information content (AvgIpc) is 2.71. The molecule has 2 N–H and O–H groups in total. The first-order valence-corrected chi connectivity index (χ1v) is 9.29. The summed E-state index contributed by atoms with van der Waals surface area (Å²) in [4.78, 5) is 23.1. The van der Waals surface area contributed by atoms with Gasteiger partial charge in [0, 0.05) is 24.3 Å². The first-order chi connectivity index (χ1) is 13.6. The fourth-order valence-corrected chi connectivity index (χ4v) is 2.87. The molecule has 3 aromatic rings. The molecule has 144 valence electrons. The Morgan fingerprint density at radius 1 is 1.00 bits per heavy atom. The zero-order chi connectivity index (χ0) is 19.8. The number of nitrogens with zero attached hydrogens (tertiary/aromatic N) is 3. The highest BCUT2D eigenvalue weighted by Crippen LogP contribution is 2.26. The van der Waals surface area contributed by atoms with Crippen molar-refractivity contribution in [1.29, 1.82) is 0 Å². The number of nitrogens with one attached hydrogen (secondary N) is 2. The maximum Gasteiger partial charge on any atom is 0.257 e. The number of carbonyl (C=O) groups excluding carboxylic acids is 1. The van der Waals surface area contributed by atoms with Crippen LogP contribution in [0.3, 0.4) is 0 Å². The summed E-state index contributed by atoms with van der Waals surface area (Å²) in [6, 6.07) is 15.3. The highest BCUT2D eigenvalue weighted by Gasteiger charge is 2.11. The Labute approximate surface area is 165 Å². The van der Waals surface area contributed by atoms with Crippen molar-refractivity contribution in [2.45, 2.75) is 12.8 Å². The van der Waals surface area contributed by atoms with Gasteiger partial charge in [0.15, 0.2) is 5.82 Å². The molecular formula is C22H25N5O. The van der Waals surface area contributed by atoms with E-state index < -0.39 is 0 Å². The van der Waals surface area contributed by atoms with Crippen molar-refractivity contribution in [3.8, 4) is 0 Å². The summed E-state index contributed by atoms with van der Waals surface area (Å²) in [6.45, 7) is 1.03. The van der Waals surface area contributed by atoms with E-state index in [-0.39, 0.29) is 5.91 Å². The van der Waals surface area contributed by atoms with Gasteiger partial charge in [-0.1, -0.05) is 18.2 Å². The van der Waals surface area contributed by atoms with Crippen molar-refractivity contribution in [1.82, 2.24) is 14.9 Å². The summed E-state index contributed by atoms with van der Waals surface area (Å²) in [5.74, 6) is 0.392. The number of aromatic nitrogens is 2. The summed E-state index contributed by atoms with van der Waals surface area (Å²) in [7, 11) is 4.16. The van der Waals surface area contributed by atoms with E-state index in [1.54, 1.807) is 36.8 Å². The van der Waals surface area contributed by atoms with Crippen molar-refractivity contribution < 1.29 is 4.79 Å². The highest BCUT2D eigenvalue weighted by atomic mass is 16.1. The molecule has 1 amide bonds. The van der Waals surface area contributed by atoms with E-state index in [9.17, 15) is 4.79 Å². The normalized spacial score (nSPS) is 10.7. The van der Waals surface area contributed by atoms with Gasteiger partial charge in [-0.15, -0.1) is 0 Å². The molecule has 0 spiro atoms. The monoisotopic (exact) mass is 375 g/mol. The summed E-state index contributed by atoms with van der Waals surface area (Å²) in [5.41, 5.74) is 3.34. The lowest BCUT2D eigenvalue weighted by atomic mass is 10.1. The summed E-state index contributed by atoms with van der Waals surface area (Å²) >= 11 is 0. The maximum atomic E-state index is 12.5. The van der Waals surface area contributed by atoms with E-state index >= 15 is 0 Å². The molecular weight excluding hydrogens is 350 g/mol. The number of amides is 1. The number of aryl methyl sites for hydroxylation is 1. The predicted octanol–water partition coefficient (Wildman–Crippen LogP) is 3.97. The van der Waals surface area contributed by atoms with Gasteiger partial charge < -0.3 is 15.5 Å². The molecule has 0 saturated carbocycles. The van der Waals surface area contributed by atoms with Crippen LogP contribution >= 0.6 is 0 Å². The molecule has 28 heavy (non-hydrogen) atoms. The Kier molecular flexibility index (Phi) is 6.70. The lowest BCUT2D eigenvalue weighted by Gasteiger charge is -2.15. The standard InChI is InChI=1S/C22H25N5O/c1-27(2)15-7-10-17-8-3-4-11-19(17)25-21-20(12-6-14-24-21)26-22(28)18-9-5-13-23-16-18/h3-6,8-9,11-14,16H,7,10,15H2,1-2H3,(H,24,25)(H,26,28). The van der Waals surface area contributed by atoms with Gasteiger partial charge in [0.05, 0.1) is 11.3 Å². The Morgan fingerprint density at radius 3 is 2.57 bits per heavy atom. The van der Waals surface area contributed by atoms with Gasteiger partial charge >= 0.3 is 0 Å². The molecule has 0 aliphatic rings. The largest absolute Gasteiger partial charge is 0.338 e. The third kappa shape index (κ3) is 5.37. The minimum Gasteiger partial charge on any atom is -0.338 e. The van der Waals surface area contributed by atoms with E-state index in [0.29, 0.717) is 17.1 Å². The van der Waals surface area contributed by atoms with Gasteiger partial charge in [0.25, 0.3) is 5.91 Å². The van der Waals surface area contributed by atoms with Crippen molar-refractivity contribution in [3.63, 3.8) is 0 Å². The van der Waals surface area contributed by atoms with Crippen LogP contribution in [0.1, 0.15) is 22.3 Å². The van der Waals surface area contributed by atoms with Crippen molar-refractivity contribution in [3.05, 3.63) is 78.2 Å². The van der Waals surface area contributed by atoms with Crippen LogP contribution in [-0.2, 0) is 6.42 Å². The average molecular weight is 375 g/mol. The quantitative estimate of drug-likeness (QED) is 0.623. The second kappa shape index (κ2) is 9.62. The zero-order valence-corrected chi connectivity index (χ0v) is 16.2. The number of pyridine rings is 2. The van der Waals surface area contributed by atoms with Crippen LogP contribution in [0, 0.1) is 0 Å². The second-order valence-corrected chi connectivity index (χ2v) is 6.78. The minimum absolute atomic E-state index is 0.219. The third-order valence-electron chi connectivity index (χ3n) is 4.30. The Hall–Kier alpha value is -3.25. The van der Waals surface area contributed by atoms with Crippen molar-refractivity contribution >= 4 is 23.1 Å². The molecule has 0 aliphatic carbocycles. The van der Waals surface area contributed by atoms with Crippen LogP contribution in [0.25, 0.3) is 0 Å². The van der Waals surface area contributed by atoms with Gasteiger partial charge in [-0.05, 0) is 69.4 Å². The van der Waals surface area contributed by atoms with E-state index in [2.05, 4.69) is 45.7 Å². The van der Waals surface area contributed by atoms with Gasteiger partial charge in [-0.3, -0.25) is 9.78 Å². The van der Waals surface area contributed by atoms with Crippen LogP contribution < -0.4 is 10.6 Å². The SMILES string of the molecule is CN(C)CCCc1ccccc1Nc1ncccc1NC(=O)c1cccnc1. The molecule has 1 aromatic carbocycles. The summed E-state index contributed by atoms with van der Waals surface area (Å²) < 4.78 is 0. The molecule has 6 heteroatoms. The Morgan fingerprint density at radius 2 is 1.79 bits per heavy atom. The maximum absolute atomic E-state index is 12.5. The fourth-order valence-electron chi connectivity index (χ4n) is 2.87. The van der Waals surface area contributed by atoms with Gasteiger partial charge in [-0.25, -0.2) is 4.98 Å². The minimum atomic E-state index is -0.219. The molecule has 0 aliphatic heterocycles. The molecule has 3 rings (SSSR count). The van der Waals surface area contributed by atoms with E-state index in [1.807, 2.05) is 24.3 Å². The fraction of sp³-hybridized carbons (Fsp3) is 0.227. The summed E-state index contributed by atoms with van der Waals surface area (Å²) in [6.07, 6.45) is 6.92. The lowest BCUT2D eigenvalue weighted by molar-refractivity contribution is 0.102. The number of para-hydroxylation sites is 1. The first kappa shape index (κ1) is 19.5. The molecule has 6 nitrogen and oxygen atoms in total. The molecule has 0 saturated heterocycles. The predicted molar refractivity (Wildman–Crippen MR) is 113 cm³/mol. The smallest absolute Gasteiger partial charge is 0.257 e. The number of hydrogen-bond acceptors (Lipinski definition) is 5. The lowest BCUT2D eigenvalue weighted by Crippen LogP contribution is -2.14. The molecule has 2 aromatic heterocycles. The third-order valence-corrected chi connectivity index (χ3v) is 4.30. The van der Waals surface area contributed by atoms with E-state index in [0.717, 1.165) is 25.1 Å². The second-order valence-electron chi connectivity index (χ2n) is 6.78. The molecule has 0 bridgehead atoms. The zero-order valence-electron chi connectivity index (χ0n) is 16.2. The molecule has 2 heterocycles. The van der Waals surface area contributed by atoms with Crippen molar-refractivity contribution in [2.24, 2.45) is 0 Å². The molecule has 0 atom stereocenters. The number of carbonyl (C=O) groups is 1. The molecule has 0 fully saturated rings. The number of benzene rings is 1. The molecule has 0 radical (unpaired) electrons. The Bertz CT molecular complexity index is 912. The van der Waals surface area contributed by atoms with Crippen LogP contribution in [0.4, 0.5) is 17.2 Å². The number of rotatable bonds is 8.